The van der Waals surface area contributed by atoms with Gasteiger partial charge in [0.05, 0.1) is 12.7 Å². The summed E-state index contributed by atoms with van der Waals surface area (Å²) >= 11 is 0.982. The Labute approximate surface area is 92.2 Å². The van der Waals surface area contributed by atoms with Gasteiger partial charge in [0.1, 0.15) is 4.21 Å². The van der Waals surface area contributed by atoms with Gasteiger partial charge in [0.25, 0.3) is 0 Å². The molecular formula is C8H13NO4S2. The lowest BCUT2D eigenvalue weighted by atomic mass is 9.98. The molecule has 0 fully saturated rings. The molecule has 0 unspecified atom stereocenters. The number of aliphatic hydroxyl groups is 2. The summed E-state index contributed by atoms with van der Waals surface area (Å²) in [6, 6.07) is 1.55. The molecule has 0 saturated heterocycles. The Kier molecular flexibility index (Phi) is 3.85. The van der Waals surface area contributed by atoms with Crippen molar-refractivity contribution < 1.29 is 18.6 Å². The third-order valence-corrected chi connectivity index (χ3v) is 4.56. The number of primary sulfonamides is 1. The van der Waals surface area contributed by atoms with Crippen LogP contribution in [0, 0.1) is 0 Å². The van der Waals surface area contributed by atoms with Gasteiger partial charge in [0.2, 0.25) is 10.0 Å². The van der Waals surface area contributed by atoms with Crippen molar-refractivity contribution in [3.63, 3.8) is 0 Å². The SMILES string of the molecule is C[C@@H](O)[C@@H](CO)c1ccsc1S(N)(=O)=O. The maximum atomic E-state index is 11.2. The molecule has 0 aliphatic carbocycles. The third-order valence-electron chi connectivity index (χ3n) is 2.10. The molecule has 2 atom stereocenters. The van der Waals surface area contributed by atoms with Crippen LogP contribution in [0.3, 0.4) is 0 Å². The van der Waals surface area contributed by atoms with Gasteiger partial charge in [-0.05, 0) is 23.9 Å². The van der Waals surface area contributed by atoms with Gasteiger partial charge in [-0.25, -0.2) is 13.6 Å². The van der Waals surface area contributed by atoms with Crippen LogP contribution in [0.15, 0.2) is 15.7 Å². The van der Waals surface area contributed by atoms with Gasteiger partial charge < -0.3 is 10.2 Å². The maximum absolute atomic E-state index is 11.2. The predicted octanol–water partition coefficient (Wildman–Crippen LogP) is -0.148. The Morgan fingerprint density at radius 1 is 1.60 bits per heavy atom. The van der Waals surface area contributed by atoms with Crippen LogP contribution in [-0.2, 0) is 10.0 Å². The zero-order valence-electron chi connectivity index (χ0n) is 8.12. The first-order valence-corrected chi connectivity index (χ1v) is 6.69. The Morgan fingerprint density at radius 3 is 2.60 bits per heavy atom. The zero-order chi connectivity index (χ0) is 11.6. The zero-order valence-corrected chi connectivity index (χ0v) is 9.75. The summed E-state index contributed by atoms with van der Waals surface area (Å²) in [7, 11) is -3.78. The van der Waals surface area contributed by atoms with Crippen LogP contribution in [0.4, 0.5) is 0 Å². The normalized spacial score (nSPS) is 16.3. The van der Waals surface area contributed by atoms with Crippen LogP contribution < -0.4 is 5.14 Å². The number of aliphatic hydroxyl groups excluding tert-OH is 2. The highest BCUT2D eigenvalue weighted by Gasteiger charge is 2.25. The molecule has 1 heterocycles. The van der Waals surface area contributed by atoms with Crippen LogP contribution in [-0.4, -0.2) is 31.3 Å². The topological polar surface area (TPSA) is 101 Å². The summed E-state index contributed by atoms with van der Waals surface area (Å²) in [4.78, 5) is 0. The summed E-state index contributed by atoms with van der Waals surface area (Å²) in [5, 5.41) is 25.0. The van der Waals surface area contributed by atoms with Crippen LogP contribution >= 0.6 is 11.3 Å². The monoisotopic (exact) mass is 251 g/mol. The summed E-state index contributed by atoms with van der Waals surface area (Å²) in [5.41, 5.74) is 0.375. The van der Waals surface area contributed by atoms with E-state index >= 15 is 0 Å². The molecule has 0 saturated carbocycles. The average Bonchev–Trinajstić information content (AvgIpc) is 2.52. The molecule has 0 amide bonds. The Hall–Kier alpha value is -0.470. The Balaban J connectivity index is 3.20. The van der Waals surface area contributed by atoms with E-state index < -0.39 is 22.0 Å². The van der Waals surface area contributed by atoms with E-state index in [9.17, 15) is 13.5 Å². The van der Waals surface area contributed by atoms with Gasteiger partial charge in [-0.2, -0.15) is 0 Å². The first-order valence-electron chi connectivity index (χ1n) is 4.27. The van der Waals surface area contributed by atoms with Crippen molar-refractivity contribution >= 4 is 21.4 Å². The van der Waals surface area contributed by atoms with Crippen molar-refractivity contribution in [1.29, 1.82) is 0 Å². The molecule has 0 spiro atoms. The lowest BCUT2D eigenvalue weighted by Crippen LogP contribution is -2.21. The fourth-order valence-corrected chi connectivity index (χ4v) is 3.27. The van der Waals surface area contributed by atoms with Crippen molar-refractivity contribution in [2.45, 2.75) is 23.2 Å². The van der Waals surface area contributed by atoms with Crippen molar-refractivity contribution in [3.8, 4) is 0 Å². The van der Waals surface area contributed by atoms with Gasteiger partial charge in [0.15, 0.2) is 0 Å². The predicted molar refractivity (Wildman–Crippen MR) is 57.2 cm³/mol. The van der Waals surface area contributed by atoms with Crippen LogP contribution in [0.25, 0.3) is 0 Å². The Bertz CT molecular complexity index is 424. The summed E-state index contributed by atoms with van der Waals surface area (Å²) in [6.45, 7) is 1.17. The second-order valence-corrected chi connectivity index (χ2v) is 5.91. The molecule has 0 aliphatic rings. The Morgan fingerprint density at radius 2 is 2.20 bits per heavy atom. The molecule has 1 rings (SSSR count). The van der Waals surface area contributed by atoms with Crippen molar-refractivity contribution in [2.75, 3.05) is 6.61 Å². The van der Waals surface area contributed by atoms with E-state index in [1.165, 1.54) is 6.92 Å². The van der Waals surface area contributed by atoms with E-state index in [-0.39, 0.29) is 10.8 Å². The highest BCUT2D eigenvalue weighted by molar-refractivity contribution is 7.91. The minimum absolute atomic E-state index is 0.00227. The molecule has 15 heavy (non-hydrogen) atoms. The van der Waals surface area contributed by atoms with E-state index in [2.05, 4.69) is 0 Å². The van der Waals surface area contributed by atoms with Crippen molar-refractivity contribution in [3.05, 3.63) is 17.0 Å². The molecule has 0 aromatic carbocycles. The minimum Gasteiger partial charge on any atom is -0.396 e. The molecule has 7 heteroatoms. The van der Waals surface area contributed by atoms with Crippen molar-refractivity contribution in [1.82, 2.24) is 0 Å². The second-order valence-electron chi connectivity index (χ2n) is 3.24. The fraction of sp³-hybridized carbons (Fsp3) is 0.500. The summed E-state index contributed by atoms with van der Waals surface area (Å²) in [5.74, 6) is -0.621. The molecule has 4 N–H and O–H groups in total. The average molecular weight is 251 g/mol. The first kappa shape index (κ1) is 12.6. The quantitative estimate of drug-likeness (QED) is 0.693. The third kappa shape index (κ3) is 2.76. The molecule has 1 aromatic rings. The molecule has 0 aliphatic heterocycles. The van der Waals surface area contributed by atoms with Gasteiger partial charge in [0, 0.05) is 5.92 Å². The van der Waals surface area contributed by atoms with Crippen LogP contribution in [0.1, 0.15) is 18.4 Å². The second kappa shape index (κ2) is 4.58. The highest BCUT2D eigenvalue weighted by Crippen LogP contribution is 2.30. The number of rotatable bonds is 4. The highest BCUT2D eigenvalue weighted by atomic mass is 32.2. The molecule has 0 radical (unpaired) electrons. The molecule has 5 nitrogen and oxygen atoms in total. The largest absolute Gasteiger partial charge is 0.396 e. The molecule has 1 aromatic heterocycles. The number of thiophene rings is 1. The minimum atomic E-state index is -3.78. The fourth-order valence-electron chi connectivity index (χ4n) is 1.32. The van der Waals surface area contributed by atoms with E-state index in [1.54, 1.807) is 11.4 Å². The number of nitrogens with two attached hydrogens (primary N) is 1. The van der Waals surface area contributed by atoms with Gasteiger partial charge in [-0.3, -0.25) is 0 Å². The smallest absolute Gasteiger partial charge is 0.247 e. The van der Waals surface area contributed by atoms with Gasteiger partial charge in [-0.15, -0.1) is 11.3 Å². The van der Waals surface area contributed by atoms with E-state index in [0.717, 1.165) is 11.3 Å². The van der Waals surface area contributed by atoms with Gasteiger partial charge >= 0.3 is 0 Å². The van der Waals surface area contributed by atoms with E-state index in [4.69, 9.17) is 10.2 Å². The standard InChI is InChI=1S/C8H13NO4S2/c1-5(11)7(4-10)6-2-3-14-8(6)15(9,12)13/h2-3,5,7,10-11H,4H2,1H3,(H2,9,12,13)/t5-,7-/m1/s1. The summed E-state index contributed by atoms with van der Waals surface area (Å²) < 4.78 is 22.4. The lowest BCUT2D eigenvalue weighted by Gasteiger charge is -2.17. The summed E-state index contributed by atoms with van der Waals surface area (Å²) in [6.07, 6.45) is -0.829. The molecular weight excluding hydrogens is 238 g/mol. The van der Waals surface area contributed by atoms with Crippen LogP contribution in [0.2, 0.25) is 0 Å². The maximum Gasteiger partial charge on any atom is 0.247 e. The number of hydrogen-bond donors (Lipinski definition) is 3. The number of hydrogen-bond acceptors (Lipinski definition) is 5. The van der Waals surface area contributed by atoms with Crippen molar-refractivity contribution in [2.24, 2.45) is 5.14 Å². The molecule has 0 bridgehead atoms. The number of sulfonamides is 1. The lowest BCUT2D eigenvalue weighted by molar-refractivity contribution is 0.120. The van der Waals surface area contributed by atoms with Crippen LogP contribution in [0.5, 0.6) is 0 Å². The van der Waals surface area contributed by atoms with E-state index in [1.807, 2.05) is 0 Å². The molecule has 86 valence electrons. The first-order chi connectivity index (χ1) is 6.88. The van der Waals surface area contributed by atoms with E-state index in [0.29, 0.717) is 5.56 Å². The van der Waals surface area contributed by atoms with Gasteiger partial charge in [-0.1, -0.05) is 0 Å².